The zero-order valence-electron chi connectivity index (χ0n) is 33.0. The summed E-state index contributed by atoms with van der Waals surface area (Å²) in [7, 11) is 0. The van der Waals surface area contributed by atoms with Gasteiger partial charge in [-0.1, -0.05) is 32.0 Å². The Morgan fingerprint density at radius 1 is 0.767 bits per heavy atom. The van der Waals surface area contributed by atoms with Gasteiger partial charge in [-0.15, -0.1) is 0 Å². The van der Waals surface area contributed by atoms with Crippen molar-refractivity contribution in [3.63, 3.8) is 0 Å². The molecule has 2 aromatic heterocycles. The summed E-state index contributed by atoms with van der Waals surface area (Å²) in [6.45, 7) is 3.53. The lowest BCUT2D eigenvalue weighted by molar-refractivity contribution is -0.142. The van der Waals surface area contributed by atoms with Gasteiger partial charge in [-0.2, -0.15) is 0 Å². The third-order valence-corrected chi connectivity index (χ3v) is 9.12. The van der Waals surface area contributed by atoms with E-state index in [4.69, 9.17) is 16.6 Å². The summed E-state index contributed by atoms with van der Waals surface area (Å²) in [5.74, 6) is -9.89. The Morgan fingerprint density at radius 2 is 1.42 bits per heavy atom. The molecule has 0 spiro atoms. The van der Waals surface area contributed by atoms with Crippen LogP contribution in [0.1, 0.15) is 51.3 Å². The fourth-order valence-electron chi connectivity index (χ4n) is 5.90. The number of aliphatic hydroxyl groups is 1. The van der Waals surface area contributed by atoms with Gasteiger partial charge in [0.2, 0.25) is 41.4 Å². The van der Waals surface area contributed by atoms with Crippen LogP contribution < -0.4 is 43.4 Å². The minimum absolute atomic E-state index is 0.122. The number of primary amides is 1. The van der Waals surface area contributed by atoms with Crippen molar-refractivity contribution in [1.82, 2.24) is 46.9 Å². The molecule has 7 amide bonds. The highest BCUT2D eigenvalue weighted by Crippen LogP contribution is 2.19. The quantitative estimate of drug-likeness (QED) is 0.0415. The molecule has 0 saturated heterocycles. The van der Waals surface area contributed by atoms with Gasteiger partial charge in [0.15, 0.2) is 0 Å². The molecule has 23 nitrogen and oxygen atoms in total. The number of amides is 7. The molecule has 326 valence electrons. The lowest BCUT2D eigenvalue weighted by atomic mass is 10.0. The molecule has 23 heteroatoms. The highest BCUT2D eigenvalue weighted by Gasteiger charge is 2.35. The van der Waals surface area contributed by atoms with Gasteiger partial charge in [-0.3, -0.25) is 38.4 Å². The molecule has 2 heterocycles. The lowest BCUT2D eigenvalue weighted by Crippen LogP contribution is -2.61. The van der Waals surface area contributed by atoms with Crippen LogP contribution in [0.15, 0.2) is 43.0 Å². The van der Waals surface area contributed by atoms with Gasteiger partial charge in [-0.25, -0.2) is 9.78 Å². The lowest BCUT2D eigenvalue weighted by Gasteiger charge is -2.28. The zero-order valence-corrected chi connectivity index (χ0v) is 33.0. The van der Waals surface area contributed by atoms with E-state index in [9.17, 15) is 53.4 Å². The molecule has 3 rings (SSSR count). The Morgan fingerprint density at radius 3 is 2.02 bits per heavy atom. The van der Waals surface area contributed by atoms with Crippen LogP contribution in [0.2, 0.25) is 0 Å². The SMILES string of the molecule is CC(C)[C@H](NC(=O)[C@@H](NC(=O)[C@@H](N)CC(=O)O)[C@@H](C)O)C(=O)N[C@@H](Cc1cnc[nH]1)C(=O)NCC(=O)N[C@@H](CCC(N)=O)C(=O)N[C@@H](Cc1c[nH]c2ccccc12)C(=O)O. The number of imidazole rings is 1. The van der Waals surface area contributed by atoms with Crippen LogP contribution in [0.5, 0.6) is 0 Å². The molecular weight excluding hydrogens is 790 g/mol. The molecule has 0 saturated carbocycles. The molecule has 0 unspecified atom stereocenters. The van der Waals surface area contributed by atoms with E-state index < -0.39 is 115 Å². The first-order valence-corrected chi connectivity index (χ1v) is 18.7. The zero-order chi connectivity index (χ0) is 44.7. The summed E-state index contributed by atoms with van der Waals surface area (Å²) >= 11 is 0. The Hall–Kier alpha value is -6.88. The molecule has 0 aliphatic carbocycles. The Kier molecular flexibility index (Phi) is 17.7. The second-order valence-corrected chi connectivity index (χ2v) is 14.3. The molecule has 0 fully saturated rings. The van der Waals surface area contributed by atoms with Crippen LogP contribution in [-0.2, 0) is 56.0 Å². The summed E-state index contributed by atoms with van der Waals surface area (Å²) in [6, 6.07) is -1.72. The molecule has 0 aliphatic heterocycles. The highest BCUT2D eigenvalue weighted by atomic mass is 16.4. The maximum absolute atomic E-state index is 13.6. The van der Waals surface area contributed by atoms with Crippen molar-refractivity contribution in [1.29, 1.82) is 0 Å². The van der Waals surface area contributed by atoms with Crippen molar-refractivity contribution >= 4 is 64.2 Å². The Bertz CT molecular complexity index is 2020. The molecule has 15 N–H and O–H groups in total. The van der Waals surface area contributed by atoms with Crippen molar-refractivity contribution in [2.75, 3.05) is 6.54 Å². The topological polar surface area (TPSA) is 383 Å². The van der Waals surface area contributed by atoms with Crippen LogP contribution in [0.25, 0.3) is 10.9 Å². The van der Waals surface area contributed by atoms with Crippen molar-refractivity contribution in [2.45, 2.75) is 95.2 Å². The monoisotopic (exact) mass is 841 g/mol. The first-order valence-electron chi connectivity index (χ1n) is 18.7. The molecule has 0 aliphatic rings. The number of nitrogens with two attached hydrogens (primary N) is 2. The number of hydrogen-bond donors (Lipinski definition) is 13. The number of nitrogens with one attached hydrogen (secondary N) is 8. The number of rotatable bonds is 24. The molecule has 60 heavy (non-hydrogen) atoms. The number of H-pyrrole nitrogens is 2. The van der Waals surface area contributed by atoms with Crippen molar-refractivity contribution in [2.24, 2.45) is 17.4 Å². The first-order chi connectivity index (χ1) is 28.3. The van der Waals surface area contributed by atoms with Crippen LogP contribution in [0, 0.1) is 5.92 Å². The predicted molar refractivity (Wildman–Crippen MR) is 210 cm³/mol. The number of para-hydroxylation sites is 1. The summed E-state index contributed by atoms with van der Waals surface area (Å²) in [5.41, 5.74) is 12.6. The fraction of sp³-hybridized carbons (Fsp3) is 0.459. The number of fused-ring (bicyclic) bond motifs is 1. The number of carboxylic acids is 2. The van der Waals surface area contributed by atoms with Crippen LogP contribution in [0.3, 0.4) is 0 Å². The smallest absolute Gasteiger partial charge is 0.326 e. The average molecular weight is 842 g/mol. The molecular formula is C37H51N11O12. The Balaban J connectivity index is 1.71. The van der Waals surface area contributed by atoms with E-state index in [1.807, 2.05) is 0 Å². The molecule has 0 bridgehead atoms. The van der Waals surface area contributed by atoms with Crippen LogP contribution >= 0.6 is 0 Å². The first kappa shape index (κ1) is 47.5. The van der Waals surface area contributed by atoms with Gasteiger partial charge in [0.25, 0.3) is 0 Å². The average Bonchev–Trinajstić information content (AvgIpc) is 3.85. The van der Waals surface area contributed by atoms with E-state index in [0.717, 1.165) is 10.9 Å². The molecule has 3 aromatic rings. The number of aliphatic hydroxyl groups excluding tert-OH is 1. The van der Waals surface area contributed by atoms with Gasteiger partial charge in [-0.05, 0) is 30.9 Å². The Labute approximate surface area is 342 Å². The van der Waals surface area contributed by atoms with Crippen molar-refractivity contribution in [3.05, 3.63) is 54.2 Å². The maximum atomic E-state index is 13.6. The number of aliphatic carboxylic acids is 2. The molecule has 0 radical (unpaired) electrons. The summed E-state index contributed by atoms with van der Waals surface area (Å²) < 4.78 is 0. The summed E-state index contributed by atoms with van der Waals surface area (Å²) in [6.07, 6.45) is 1.04. The molecule has 1 aromatic carbocycles. The highest BCUT2D eigenvalue weighted by molar-refractivity contribution is 5.97. The normalized spacial score (nSPS) is 14.6. The van der Waals surface area contributed by atoms with Gasteiger partial charge in [0.1, 0.15) is 30.2 Å². The van der Waals surface area contributed by atoms with E-state index in [2.05, 4.69) is 46.9 Å². The number of aromatic nitrogens is 3. The minimum Gasteiger partial charge on any atom is -0.481 e. The second-order valence-electron chi connectivity index (χ2n) is 14.3. The summed E-state index contributed by atoms with van der Waals surface area (Å²) in [4.78, 5) is 124. The summed E-state index contributed by atoms with van der Waals surface area (Å²) in [5, 5.41) is 44.1. The van der Waals surface area contributed by atoms with Crippen molar-refractivity contribution < 1.29 is 58.5 Å². The second kappa shape index (κ2) is 22.3. The van der Waals surface area contributed by atoms with E-state index in [1.54, 1.807) is 44.3 Å². The van der Waals surface area contributed by atoms with Crippen LogP contribution in [-0.4, -0.2) is 132 Å². The predicted octanol–water partition coefficient (Wildman–Crippen LogP) is -3.59. The number of carbonyl (C=O) groups is 9. The van der Waals surface area contributed by atoms with Crippen LogP contribution in [0.4, 0.5) is 0 Å². The number of nitrogens with zero attached hydrogens (tertiary/aromatic N) is 1. The fourth-order valence-corrected chi connectivity index (χ4v) is 5.90. The van der Waals surface area contributed by atoms with E-state index >= 15 is 0 Å². The minimum atomic E-state index is -1.66. The largest absolute Gasteiger partial charge is 0.481 e. The van der Waals surface area contributed by atoms with Gasteiger partial charge >= 0.3 is 11.9 Å². The molecule has 7 atom stereocenters. The number of aromatic amines is 2. The number of carboxylic acid groups (broad SMARTS) is 2. The van der Waals surface area contributed by atoms with Gasteiger partial charge < -0.3 is 68.7 Å². The maximum Gasteiger partial charge on any atom is 0.326 e. The van der Waals surface area contributed by atoms with E-state index in [1.165, 1.54) is 19.4 Å². The van der Waals surface area contributed by atoms with E-state index in [0.29, 0.717) is 11.3 Å². The van der Waals surface area contributed by atoms with E-state index in [-0.39, 0.29) is 25.7 Å². The number of hydrogen-bond acceptors (Lipinski definition) is 12. The third-order valence-electron chi connectivity index (χ3n) is 9.12. The number of benzene rings is 1. The van der Waals surface area contributed by atoms with Crippen molar-refractivity contribution in [3.8, 4) is 0 Å². The number of carbonyl (C=O) groups excluding carboxylic acids is 7. The van der Waals surface area contributed by atoms with Gasteiger partial charge in [0, 0.05) is 48.3 Å². The van der Waals surface area contributed by atoms with Gasteiger partial charge in [0.05, 0.1) is 31.4 Å². The standard InChI is InChI=1S/C37H51N11O12/c1-17(2)30(47-36(58)31(18(3)49)48-32(54)22(38)12-29(52)53)35(57)45-25(11-20-14-40-16-43-20)33(55)42-15-28(51)44-24(8-9-27(39)50)34(56)46-26(37(59)60)10-19-13-41-23-7-5-4-6-21(19)23/h4-7,13-14,16-18,22,24-26,30-31,41,49H,8-12,15,38H2,1-3H3,(H2,39,50)(H,40,43)(H,42,55)(H,44,51)(H,45,57)(H,46,56)(H,47,58)(H,48,54)(H,52,53)(H,59,60)/t18-,22+,24+,25+,26+,30+,31+/m1/s1. The third kappa shape index (κ3) is 14.5.